The number of rotatable bonds is 2. The molecule has 2 saturated carbocycles. The van der Waals surface area contributed by atoms with Crippen LogP contribution in [-0.2, 0) is 0 Å². The summed E-state index contributed by atoms with van der Waals surface area (Å²) in [7, 11) is 1.70. The first-order valence-electron chi connectivity index (χ1n) is 7.30. The predicted molar refractivity (Wildman–Crippen MR) is 88.2 cm³/mol. The average molecular weight is 286 g/mol. The number of ether oxygens (including phenoxy) is 1. The Labute approximate surface area is 127 Å². The first-order chi connectivity index (χ1) is 9.40. The van der Waals surface area contributed by atoms with Gasteiger partial charge in [-0.25, -0.2) is 0 Å². The second-order valence-electron chi connectivity index (χ2n) is 6.85. The first kappa shape index (κ1) is 13.8. The number of methoxy groups -OCH3 is 1. The minimum atomic E-state index is 0.200. The minimum absolute atomic E-state index is 0.200. The molecule has 1 aromatic carbocycles. The average Bonchev–Trinajstić information content (AvgIpc) is 2.74. The van der Waals surface area contributed by atoms with Crippen LogP contribution in [0, 0.1) is 16.7 Å². The summed E-state index contributed by atoms with van der Waals surface area (Å²) in [6.45, 7) is 7.11. The van der Waals surface area contributed by atoms with Gasteiger partial charge >= 0.3 is 0 Å². The van der Waals surface area contributed by atoms with E-state index in [-0.39, 0.29) is 5.41 Å². The Balaban J connectivity index is 1.99. The maximum Gasteiger partial charge on any atom is 0.118 e. The van der Waals surface area contributed by atoms with Crippen molar-refractivity contribution in [3.05, 3.63) is 35.4 Å². The van der Waals surface area contributed by atoms with Gasteiger partial charge in [0.1, 0.15) is 5.75 Å². The fourth-order valence-electron chi connectivity index (χ4n) is 3.97. The summed E-state index contributed by atoms with van der Waals surface area (Å²) in [6, 6.07) is 8.23. The molecule has 2 fully saturated rings. The lowest BCUT2D eigenvalue weighted by Crippen LogP contribution is -2.31. The van der Waals surface area contributed by atoms with Crippen molar-refractivity contribution in [1.29, 1.82) is 0 Å². The van der Waals surface area contributed by atoms with Crippen LogP contribution in [0.2, 0.25) is 0 Å². The molecule has 2 aliphatic carbocycles. The minimum Gasteiger partial charge on any atom is -0.497 e. The molecule has 0 radical (unpaired) electrons. The highest BCUT2D eigenvalue weighted by molar-refractivity contribution is 7.81. The molecule has 0 saturated heterocycles. The normalized spacial score (nSPS) is 32.9. The number of fused-ring (bicyclic) bond motifs is 2. The molecule has 2 bridgehead atoms. The Hall–Kier alpha value is -1.15. The van der Waals surface area contributed by atoms with Crippen molar-refractivity contribution < 1.29 is 4.74 Å². The fraction of sp³-hybridized carbons (Fsp3) is 0.500. The second-order valence-corrected chi connectivity index (χ2v) is 7.26. The van der Waals surface area contributed by atoms with E-state index in [2.05, 4.69) is 39.0 Å². The first-order valence-corrected chi connectivity index (χ1v) is 7.71. The van der Waals surface area contributed by atoms with E-state index < -0.39 is 0 Å². The molecule has 2 heteroatoms. The highest BCUT2D eigenvalue weighted by Gasteiger charge is 2.61. The quantitative estimate of drug-likeness (QED) is 0.564. The topological polar surface area (TPSA) is 9.23 Å². The maximum atomic E-state index is 5.81. The largest absolute Gasteiger partial charge is 0.497 e. The highest BCUT2D eigenvalue weighted by Crippen LogP contribution is 2.66. The summed E-state index contributed by atoms with van der Waals surface area (Å²) in [5, 5.41) is 0. The van der Waals surface area contributed by atoms with Crippen molar-refractivity contribution in [1.82, 2.24) is 0 Å². The molecular weight excluding hydrogens is 264 g/mol. The third-order valence-electron chi connectivity index (χ3n) is 5.80. The van der Waals surface area contributed by atoms with Gasteiger partial charge in [-0.3, -0.25) is 0 Å². The van der Waals surface area contributed by atoms with Gasteiger partial charge in [-0.2, -0.15) is 0 Å². The van der Waals surface area contributed by atoms with Gasteiger partial charge in [-0.1, -0.05) is 51.2 Å². The van der Waals surface area contributed by atoms with E-state index in [4.69, 9.17) is 17.0 Å². The van der Waals surface area contributed by atoms with Crippen LogP contribution in [0.3, 0.4) is 0 Å². The zero-order chi connectivity index (χ0) is 14.5. The lowest BCUT2D eigenvalue weighted by Gasteiger charge is -2.33. The van der Waals surface area contributed by atoms with Gasteiger partial charge in [-0.15, -0.1) is 0 Å². The summed E-state index contributed by atoms with van der Waals surface area (Å²) in [6.07, 6.45) is 4.80. The van der Waals surface area contributed by atoms with Gasteiger partial charge in [0, 0.05) is 10.3 Å². The van der Waals surface area contributed by atoms with E-state index in [0.29, 0.717) is 11.3 Å². The van der Waals surface area contributed by atoms with Crippen molar-refractivity contribution >= 4 is 23.2 Å². The molecule has 0 unspecified atom stereocenters. The number of thiocarbonyl (C=S) groups is 1. The maximum absolute atomic E-state index is 5.81. The van der Waals surface area contributed by atoms with Gasteiger partial charge in [-0.05, 0) is 47.4 Å². The molecule has 2 aliphatic rings. The van der Waals surface area contributed by atoms with Crippen LogP contribution < -0.4 is 4.74 Å². The summed E-state index contributed by atoms with van der Waals surface area (Å²) in [5.74, 6) is 1.51. The number of hydrogen-bond donors (Lipinski definition) is 0. The van der Waals surface area contributed by atoms with E-state index in [1.165, 1.54) is 28.8 Å². The number of allylic oxidation sites excluding steroid dienone is 1. The molecule has 0 N–H and O–H groups in total. The molecule has 0 spiro atoms. The van der Waals surface area contributed by atoms with E-state index in [9.17, 15) is 0 Å². The zero-order valence-corrected chi connectivity index (χ0v) is 13.5. The Morgan fingerprint density at radius 3 is 2.35 bits per heavy atom. The Morgan fingerprint density at radius 1 is 1.20 bits per heavy atom. The fourth-order valence-corrected chi connectivity index (χ4v) is 4.54. The van der Waals surface area contributed by atoms with E-state index >= 15 is 0 Å². The zero-order valence-electron chi connectivity index (χ0n) is 12.7. The van der Waals surface area contributed by atoms with Crippen molar-refractivity contribution in [3.8, 4) is 5.75 Å². The molecule has 3 rings (SSSR count). The molecule has 0 aromatic heterocycles. The lowest BCUT2D eigenvalue weighted by molar-refractivity contribution is 0.204. The molecule has 0 amide bonds. The molecule has 0 heterocycles. The van der Waals surface area contributed by atoms with Gasteiger partial charge < -0.3 is 4.74 Å². The van der Waals surface area contributed by atoms with Gasteiger partial charge in [0.2, 0.25) is 0 Å². The van der Waals surface area contributed by atoms with E-state index in [1.54, 1.807) is 7.11 Å². The summed E-state index contributed by atoms with van der Waals surface area (Å²) in [5.41, 5.74) is 3.10. The van der Waals surface area contributed by atoms with Crippen molar-refractivity contribution in [2.45, 2.75) is 33.6 Å². The highest BCUT2D eigenvalue weighted by atomic mass is 32.1. The Morgan fingerprint density at radius 2 is 1.85 bits per heavy atom. The van der Waals surface area contributed by atoms with Crippen molar-refractivity contribution in [2.24, 2.45) is 16.7 Å². The molecular formula is C18H22OS. The van der Waals surface area contributed by atoms with Crippen molar-refractivity contribution in [2.75, 3.05) is 7.11 Å². The monoisotopic (exact) mass is 286 g/mol. The second kappa shape index (κ2) is 4.42. The van der Waals surface area contributed by atoms with Crippen LogP contribution >= 0.6 is 12.2 Å². The van der Waals surface area contributed by atoms with Crippen LogP contribution in [0.5, 0.6) is 5.75 Å². The van der Waals surface area contributed by atoms with Crippen LogP contribution in [-0.4, -0.2) is 12.0 Å². The van der Waals surface area contributed by atoms with Crippen LogP contribution in [0.1, 0.15) is 39.2 Å². The number of benzene rings is 1. The Kier molecular flexibility index (Phi) is 3.06. The Bertz CT molecular complexity index is 582. The number of hydrogen-bond acceptors (Lipinski definition) is 2. The smallest absolute Gasteiger partial charge is 0.118 e. The van der Waals surface area contributed by atoms with Gasteiger partial charge in [0.05, 0.1) is 7.11 Å². The third-order valence-corrected chi connectivity index (χ3v) is 6.49. The lowest BCUT2D eigenvalue weighted by atomic mass is 9.71. The third kappa shape index (κ3) is 1.70. The van der Waals surface area contributed by atoms with Crippen LogP contribution in [0.15, 0.2) is 29.8 Å². The van der Waals surface area contributed by atoms with Crippen LogP contribution in [0.25, 0.3) is 6.08 Å². The predicted octanol–water partition coefficient (Wildman–Crippen LogP) is 4.90. The summed E-state index contributed by atoms with van der Waals surface area (Å²) >= 11 is 5.81. The molecule has 2 atom stereocenters. The van der Waals surface area contributed by atoms with Gasteiger partial charge in [0.25, 0.3) is 0 Å². The van der Waals surface area contributed by atoms with Crippen molar-refractivity contribution in [3.63, 3.8) is 0 Å². The SMILES string of the molecule is COc1ccc(/C=C2/C(=S)[C@]3(C)CC[C@H]2C3(C)C)cc1. The molecule has 1 nitrogen and oxygen atoms in total. The summed E-state index contributed by atoms with van der Waals surface area (Å²) < 4.78 is 5.21. The molecule has 0 aliphatic heterocycles. The molecule has 106 valence electrons. The van der Waals surface area contributed by atoms with E-state index in [1.807, 2.05) is 12.1 Å². The standard InChI is InChI=1S/C18H22OS/c1-17(2)15-9-10-18(17,3)16(20)14(15)11-12-5-7-13(19-4)8-6-12/h5-8,11,15H,9-10H2,1-4H3/b14-11+/t15-,18+/m1/s1. The van der Waals surface area contributed by atoms with Gasteiger partial charge in [0.15, 0.2) is 0 Å². The van der Waals surface area contributed by atoms with E-state index in [0.717, 1.165) is 5.75 Å². The molecule has 1 aromatic rings. The van der Waals surface area contributed by atoms with Crippen LogP contribution in [0.4, 0.5) is 0 Å². The molecule has 20 heavy (non-hydrogen) atoms. The summed E-state index contributed by atoms with van der Waals surface area (Å²) in [4.78, 5) is 1.19.